The second kappa shape index (κ2) is 3.28. The van der Waals surface area contributed by atoms with E-state index in [1.54, 1.807) is 0 Å². The molecule has 0 spiro atoms. The predicted octanol–water partition coefficient (Wildman–Crippen LogP) is 1.56. The van der Waals surface area contributed by atoms with Crippen molar-refractivity contribution in [2.75, 3.05) is 5.73 Å². The summed E-state index contributed by atoms with van der Waals surface area (Å²) < 4.78 is 0. The maximum absolute atomic E-state index is 10.7. The molecule has 1 aliphatic carbocycles. The highest BCUT2D eigenvalue weighted by atomic mass is 16.6. The molecule has 6 heteroatoms. The van der Waals surface area contributed by atoms with Crippen molar-refractivity contribution in [3.8, 4) is 0 Å². The highest BCUT2D eigenvalue weighted by Gasteiger charge is 2.30. The van der Waals surface area contributed by atoms with Crippen LogP contribution in [0.5, 0.6) is 0 Å². The molecule has 1 aromatic rings. The van der Waals surface area contributed by atoms with Gasteiger partial charge in [0.2, 0.25) is 5.82 Å². The zero-order valence-electron chi connectivity index (χ0n) is 7.69. The Morgan fingerprint density at radius 1 is 1.50 bits per heavy atom. The van der Waals surface area contributed by atoms with Crippen molar-refractivity contribution in [1.82, 2.24) is 10.2 Å². The summed E-state index contributed by atoms with van der Waals surface area (Å²) in [6.07, 6.45) is 4.23. The van der Waals surface area contributed by atoms with Gasteiger partial charge < -0.3 is 5.73 Å². The van der Waals surface area contributed by atoms with E-state index in [1.165, 1.54) is 0 Å². The summed E-state index contributed by atoms with van der Waals surface area (Å²) in [7, 11) is 0. The van der Waals surface area contributed by atoms with Gasteiger partial charge in [-0.3, -0.25) is 15.2 Å². The van der Waals surface area contributed by atoms with Crippen molar-refractivity contribution < 1.29 is 4.92 Å². The number of hydrogen-bond donors (Lipinski definition) is 2. The van der Waals surface area contributed by atoms with Gasteiger partial charge >= 0.3 is 5.69 Å². The van der Waals surface area contributed by atoms with Gasteiger partial charge in [0.25, 0.3) is 0 Å². The lowest BCUT2D eigenvalue weighted by molar-refractivity contribution is -0.384. The lowest BCUT2D eigenvalue weighted by Gasteiger charge is -2.03. The first kappa shape index (κ1) is 8.98. The van der Waals surface area contributed by atoms with Crippen LogP contribution in [0.15, 0.2) is 0 Å². The lowest BCUT2D eigenvalue weighted by Crippen LogP contribution is -1.99. The molecular weight excluding hydrogens is 184 g/mol. The van der Waals surface area contributed by atoms with Crippen molar-refractivity contribution in [3.05, 3.63) is 15.8 Å². The zero-order chi connectivity index (χ0) is 10.1. The fraction of sp³-hybridized carbons (Fsp3) is 0.625. The van der Waals surface area contributed by atoms with E-state index in [0.717, 1.165) is 25.7 Å². The summed E-state index contributed by atoms with van der Waals surface area (Å²) >= 11 is 0. The van der Waals surface area contributed by atoms with Gasteiger partial charge in [0.05, 0.1) is 4.92 Å². The fourth-order valence-electron chi connectivity index (χ4n) is 2.06. The first-order valence-corrected chi connectivity index (χ1v) is 4.68. The minimum absolute atomic E-state index is 0.00287. The van der Waals surface area contributed by atoms with Crippen molar-refractivity contribution >= 4 is 11.5 Å². The highest BCUT2D eigenvalue weighted by molar-refractivity contribution is 5.56. The van der Waals surface area contributed by atoms with Gasteiger partial charge in [0.1, 0.15) is 5.69 Å². The van der Waals surface area contributed by atoms with Gasteiger partial charge in [-0.15, -0.1) is 0 Å². The maximum atomic E-state index is 10.7. The van der Waals surface area contributed by atoms with Crippen LogP contribution < -0.4 is 5.73 Å². The Morgan fingerprint density at radius 2 is 2.14 bits per heavy atom. The molecule has 0 aliphatic heterocycles. The average Bonchev–Trinajstić information content (AvgIpc) is 2.70. The predicted molar refractivity (Wildman–Crippen MR) is 50.9 cm³/mol. The molecule has 6 nitrogen and oxygen atoms in total. The molecule has 0 unspecified atom stereocenters. The molecule has 0 aromatic carbocycles. The van der Waals surface area contributed by atoms with Gasteiger partial charge in [-0.05, 0) is 12.8 Å². The van der Waals surface area contributed by atoms with Gasteiger partial charge in [0, 0.05) is 5.92 Å². The van der Waals surface area contributed by atoms with Crippen molar-refractivity contribution in [2.24, 2.45) is 0 Å². The lowest BCUT2D eigenvalue weighted by atomic mass is 10.0. The number of aromatic nitrogens is 2. The molecule has 0 saturated heterocycles. The van der Waals surface area contributed by atoms with Crippen LogP contribution in [0.2, 0.25) is 0 Å². The molecule has 0 atom stereocenters. The van der Waals surface area contributed by atoms with Crippen LogP contribution in [0.3, 0.4) is 0 Å². The number of nitro groups is 1. The number of anilines is 1. The van der Waals surface area contributed by atoms with E-state index in [1.807, 2.05) is 0 Å². The van der Waals surface area contributed by atoms with E-state index >= 15 is 0 Å². The van der Waals surface area contributed by atoms with E-state index in [4.69, 9.17) is 5.73 Å². The van der Waals surface area contributed by atoms with E-state index < -0.39 is 4.92 Å². The molecule has 3 N–H and O–H groups in total. The summed E-state index contributed by atoms with van der Waals surface area (Å²) in [6.45, 7) is 0. The third kappa shape index (κ3) is 1.32. The van der Waals surface area contributed by atoms with Crippen LogP contribution >= 0.6 is 0 Å². The third-order valence-electron chi connectivity index (χ3n) is 2.74. The molecule has 1 aliphatic rings. The monoisotopic (exact) mass is 196 g/mol. The van der Waals surface area contributed by atoms with Crippen LogP contribution in [-0.2, 0) is 0 Å². The van der Waals surface area contributed by atoms with E-state index in [9.17, 15) is 10.1 Å². The molecule has 1 aromatic heterocycles. The third-order valence-corrected chi connectivity index (χ3v) is 2.74. The number of nitrogen functional groups attached to an aromatic ring is 1. The Bertz CT molecular complexity index is 354. The largest absolute Gasteiger partial charge is 0.376 e. The summed E-state index contributed by atoms with van der Waals surface area (Å²) in [5.74, 6) is 0.233. The SMILES string of the molecule is Nc1n[nH]c(C2CCCC2)c1[N+](=O)[O-]. The quantitative estimate of drug-likeness (QED) is 0.553. The fourth-order valence-corrected chi connectivity index (χ4v) is 2.06. The summed E-state index contributed by atoms with van der Waals surface area (Å²) in [5, 5.41) is 17.1. The molecule has 1 fully saturated rings. The van der Waals surface area contributed by atoms with Crippen molar-refractivity contribution in [3.63, 3.8) is 0 Å². The number of hydrogen-bond acceptors (Lipinski definition) is 4. The Balaban J connectivity index is 2.37. The van der Waals surface area contributed by atoms with Crippen LogP contribution in [-0.4, -0.2) is 15.1 Å². The second-order valence-corrected chi connectivity index (χ2v) is 3.61. The Labute approximate surface area is 80.6 Å². The van der Waals surface area contributed by atoms with E-state index in [-0.39, 0.29) is 17.4 Å². The first-order valence-electron chi connectivity index (χ1n) is 4.68. The minimum atomic E-state index is -0.452. The molecular formula is C8H12N4O2. The van der Waals surface area contributed by atoms with Gasteiger partial charge in [0.15, 0.2) is 0 Å². The maximum Gasteiger partial charge on any atom is 0.333 e. The number of nitrogens with two attached hydrogens (primary N) is 1. The number of nitrogens with zero attached hydrogens (tertiary/aromatic N) is 2. The van der Waals surface area contributed by atoms with Crippen LogP contribution in [0, 0.1) is 10.1 Å². The molecule has 0 amide bonds. The first-order chi connectivity index (χ1) is 6.70. The molecule has 2 rings (SSSR count). The zero-order valence-corrected chi connectivity index (χ0v) is 7.69. The number of rotatable bonds is 2. The van der Waals surface area contributed by atoms with Crippen molar-refractivity contribution in [2.45, 2.75) is 31.6 Å². The Morgan fingerprint density at radius 3 is 2.71 bits per heavy atom. The van der Waals surface area contributed by atoms with Gasteiger partial charge in [-0.2, -0.15) is 5.10 Å². The minimum Gasteiger partial charge on any atom is -0.376 e. The second-order valence-electron chi connectivity index (χ2n) is 3.61. The van der Waals surface area contributed by atoms with Crippen LogP contribution in [0.25, 0.3) is 0 Å². The summed E-state index contributed by atoms with van der Waals surface area (Å²) in [5.41, 5.74) is 6.00. The summed E-state index contributed by atoms with van der Waals surface area (Å²) in [4.78, 5) is 10.3. The van der Waals surface area contributed by atoms with Crippen molar-refractivity contribution in [1.29, 1.82) is 0 Å². The molecule has 14 heavy (non-hydrogen) atoms. The highest BCUT2D eigenvalue weighted by Crippen LogP contribution is 2.39. The van der Waals surface area contributed by atoms with Crippen LogP contribution in [0.4, 0.5) is 11.5 Å². The smallest absolute Gasteiger partial charge is 0.333 e. The van der Waals surface area contributed by atoms with E-state index in [2.05, 4.69) is 10.2 Å². The molecule has 0 bridgehead atoms. The normalized spacial score (nSPS) is 17.4. The van der Waals surface area contributed by atoms with E-state index in [0.29, 0.717) is 5.69 Å². The topological polar surface area (TPSA) is 97.8 Å². The standard InChI is InChI=1S/C8H12N4O2/c9-8-7(12(13)14)6(10-11-8)5-3-1-2-4-5/h5H,1-4H2,(H3,9,10,11). The van der Waals surface area contributed by atoms with Gasteiger partial charge in [-0.25, -0.2) is 0 Å². The summed E-state index contributed by atoms with van der Waals surface area (Å²) in [6, 6.07) is 0. The molecule has 0 radical (unpaired) electrons. The Kier molecular flexibility index (Phi) is 2.11. The molecule has 1 heterocycles. The van der Waals surface area contributed by atoms with Gasteiger partial charge in [-0.1, -0.05) is 12.8 Å². The molecule has 76 valence electrons. The number of nitrogens with one attached hydrogen (secondary N) is 1. The average molecular weight is 196 g/mol. The molecule has 1 saturated carbocycles. The number of H-pyrrole nitrogens is 1. The number of aromatic amines is 1. The Hall–Kier alpha value is -1.59. The van der Waals surface area contributed by atoms with Crippen LogP contribution in [0.1, 0.15) is 37.3 Å².